The molecule has 0 bridgehead atoms. The third-order valence-electron chi connectivity index (χ3n) is 7.08. The maximum Gasteiger partial charge on any atom is 0.338 e. The van der Waals surface area contributed by atoms with Crippen molar-refractivity contribution in [1.29, 1.82) is 0 Å². The highest BCUT2D eigenvalue weighted by Crippen LogP contribution is 2.73. The molecular formula is C15H20O5. The number of rotatable bonds is 1. The summed E-state index contributed by atoms with van der Waals surface area (Å²) in [5.74, 6) is -1.44. The number of carbonyl (C=O) groups is 2. The van der Waals surface area contributed by atoms with Crippen LogP contribution in [0, 0.1) is 22.7 Å². The Morgan fingerprint density at radius 1 is 1.35 bits per heavy atom. The summed E-state index contributed by atoms with van der Waals surface area (Å²) in [6, 6.07) is 0. The van der Waals surface area contributed by atoms with Gasteiger partial charge in [0, 0.05) is 0 Å². The van der Waals surface area contributed by atoms with Gasteiger partial charge in [0.25, 0.3) is 0 Å². The molecule has 110 valence electrons. The van der Waals surface area contributed by atoms with E-state index in [1.165, 1.54) is 0 Å². The molecule has 2 aliphatic carbocycles. The fourth-order valence-electron chi connectivity index (χ4n) is 5.49. The number of carboxylic acids is 1. The molecule has 4 fully saturated rings. The Labute approximate surface area is 117 Å². The van der Waals surface area contributed by atoms with Crippen LogP contribution in [0.3, 0.4) is 0 Å². The molecule has 1 N–H and O–H groups in total. The summed E-state index contributed by atoms with van der Waals surface area (Å²) in [4.78, 5) is 23.8. The van der Waals surface area contributed by atoms with E-state index in [1.807, 2.05) is 0 Å². The van der Waals surface area contributed by atoms with Crippen molar-refractivity contribution in [1.82, 2.24) is 0 Å². The van der Waals surface area contributed by atoms with Crippen LogP contribution in [0.5, 0.6) is 0 Å². The Balaban J connectivity index is 1.88. The van der Waals surface area contributed by atoms with Gasteiger partial charge in [-0.1, -0.05) is 20.8 Å². The minimum absolute atomic E-state index is 0.118. The molecule has 0 radical (unpaired) electrons. The van der Waals surface area contributed by atoms with E-state index >= 15 is 0 Å². The quantitative estimate of drug-likeness (QED) is 0.583. The number of aliphatic carboxylic acids is 1. The van der Waals surface area contributed by atoms with E-state index in [0.29, 0.717) is 5.92 Å². The van der Waals surface area contributed by atoms with Crippen LogP contribution in [0.4, 0.5) is 0 Å². The average Bonchev–Trinajstić information content (AvgIpc) is 2.96. The summed E-state index contributed by atoms with van der Waals surface area (Å²) >= 11 is 0. The topological polar surface area (TPSA) is 76.1 Å². The summed E-state index contributed by atoms with van der Waals surface area (Å²) < 4.78 is 11.1. The first-order chi connectivity index (χ1) is 9.27. The van der Waals surface area contributed by atoms with Gasteiger partial charge in [0.2, 0.25) is 0 Å². The van der Waals surface area contributed by atoms with Crippen LogP contribution in [0.15, 0.2) is 0 Å². The molecule has 0 aromatic carbocycles. The van der Waals surface area contributed by atoms with E-state index in [1.54, 1.807) is 0 Å². The molecule has 1 spiro atoms. The monoisotopic (exact) mass is 280 g/mol. The summed E-state index contributed by atoms with van der Waals surface area (Å²) in [5.41, 5.74) is -1.34. The molecular weight excluding hydrogens is 260 g/mol. The second-order valence-corrected chi connectivity index (χ2v) is 7.53. The SMILES string of the molecule is C[C@@H]1CC[C@@]2(C)[C@H](C(=O)O)[C@]34O[C@H]3C(=O)O[C@H]4C[C@@]12C. The van der Waals surface area contributed by atoms with E-state index in [9.17, 15) is 14.7 Å². The zero-order chi connectivity index (χ0) is 14.5. The van der Waals surface area contributed by atoms with Gasteiger partial charge in [0.1, 0.15) is 6.10 Å². The van der Waals surface area contributed by atoms with E-state index in [4.69, 9.17) is 9.47 Å². The van der Waals surface area contributed by atoms with Crippen LogP contribution in [0.2, 0.25) is 0 Å². The molecule has 0 unspecified atom stereocenters. The standard InChI is InChI=1S/C15H20O5/c1-7-4-5-13(2)9(11(16)17)15-8(6-14(7,13)3)19-12(18)10(15)20-15/h7-10H,4-6H2,1-3H3,(H,16,17)/t7-,8+,9+,10+,13+,14+,15+/m1/s1. The Bertz CT molecular complexity index is 530. The van der Waals surface area contributed by atoms with Crippen LogP contribution in [-0.2, 0) is 19.1 Å². The van der Waals surface area contributed by atoms with Crippen LogP contribution in [0.25, 0.3) is 0 Å². The van der Waals surface area contributed by atoms with E-state index in [0.717, 1.165) is 19.3 Å². The van der Waals surface area contributed by atoms with Gasteiger partial charge in [0.05, 0.1) is 5.92 Å². The predicted molar refractivity (Wildman–Crippen MR) is 67.8 cm³/mol. The molecule has 5 heteroatoms. The number of epoxide rings is 1. The molecule has 20 heavy (non-hydrogen) atoms. The summed E-state index contributed by atoms with van der Waals surface area (Å²) in [6.45, 7) is 6.42. The molecule has 0 aromatic heterocycles. The lowest BCUT2D eigenvalue weighted by Crippen LogP contribution is -2.60. The summed E-state index contributed by atoms with van der Waals surface area (Å²) in [5, 5.41) is 9.83. The first-order valence-corrected chi connectivity index (χ1v) is 7.38. The fourth-order valence-corrected chi connectivity index (χ4v) is 5.49. The summed E-state index contributed by atoms with van der Waals surface area (Å²) in [6.07, 6.45) is 1.58. The predicted octanol–water partition coefficient (Wildman–Crippen LogP) is 1.60. The molecule has 2 aliphatic heterocycles. The smallest absolute Gasteiger partial charge is 0.338 e. The van der Waals surface area contributed by atoms with Gasteiger partial charge < -0.3 is 14.6 Å². The number of hydrogen-bond acceptors (Lipinski definition) is 4. The van der Waals surface area contributed by atoms with Crippen molar-refractivity contribution in [3.8, 4) is 0 Å². The summed E-state index contributed by atoms with van der Waals surface area (Å²) in [7, 11) is 0. The van der Waals surface area contributed by atoms with Crippen LogP contribution < -0.4 is 0 Å². The lowest BCUT2D eigenvalue weighted by Gasteiger charge is -2.54. The number of ether oxygens (including phenoxy) is 2. The van der Waals surface area contributed by atoms with Gasteiger partial charge >= 0.3 is 11.9 Å². The van der Waals surface area contributed by atoms with E-state index < -0.39 is 23.6 Å². The van der Waals surface area contributed by atoms with Gasteiger partial charge in [-0.3, -0.25) is 4.79 Å². The largest absolute Gasteiger partial charge is 0.481 e. The molecule has 4 rings (SSSR count). The first-order valence-electron chi connectivity index (χ1n) is 7.38. The van der Waals surface area contributed by atoms with Crippen LogP contribution in [-0.4, -0.2) is 34.9 Å². The lowest BCUT2D eigenvalue weighted by atomic mass is 9.49. The van der Waals surface area contributed by atoms with Crippen LogP contribution in [0.1, 0.15) is 40.0 Å². The Hall–Kier alpha value is -1.10. The molecule has 4 aliphatic rings. The second kappa shape index (κ2) is 3.21. The van der Waals surface area contributed by atoms with Crippen molar-refractivity contribution in [2.45, 2.75) is 57.8 Å². The molecule has 0 amide bonds. The zero-order valence-electron chi connectivity index (χ0n) is 12.0. The average molecular weight is 280 g/mol. The van der Waals surface area contributed by atoms with Gasteiger partial charge in [-0.05, 0) is 36.0 Å². The number of hydrogen-bond donors (Lipinski definition) is 1. The van der Waals surface area contributed by atoms with Gasteiger partial charge in [-0.25, -0.2) is 4.79 Å². The highest BCUT2D eigenvalue weighted by molar-refractivity contribution is 5.87. The Morgan fingerprint density at radius 3 is 2.65 bits per heavy atom. The van der Waals surface area contributed by atoms with Gasteiger partial charge in [-0.2, -0.15) is 0 Å². The second-order valence-electron chi connectivity index (χ2n) is 7.53. The number of esters is 1. The molecule has 7 atom stereocenters. The first kappa shape index (κ1) is 12.6. The minimum Gasteiger partial charge on any atom is -0.481 e. The third-order valence-corrected chi connectivity index (χ3v) is 7.08. The van der Waals surface area contributed by atoms with Crippen molar-refractivity contribution in [2.75, 3.05) is 0 Å². The maximum atomic E-state index is 12.0. The van der Waals surface area contributed by atoms with E-state index in [2.05, 4.69) is 20.8 Å². The number of fused-ring (bicyclic) bond motifs is 1. The van der Waals surface area contributed by atoms with E-state index in [-0.39, 0.29) is 22.9 Å². The minimum atomic E-state index is -0.888. The molecule has 0 aromatic rings. The fraction of sp³-hybridized carbons (Fsp3) is 0.867. The Morgan fingerprint density at radius 2 is 2.05 bits per heavy atom. The van der Waals surface area contributed by atoms with Crippen molar-refractivity contribution < 1.29 is 24.2 Å². The van der Waals surface area contributed by atoms with Gasteiger partial charge in [-0.15, -0.1) is 0 Å². The number of carbonyl (C=O) groups excluding carboxylic acids is 1. The van der Waals surface area contributed by atoms with Crippen molar-refractivity contribution in [3.63, 3.8) is 0 Å². The highest BCUT2D eigenvalue weighted by atomic mass is 16.7. The van der Waals surface area contributed by atoms with Crippen molar-refractivity contribution in [2.24, 2.45) is 22.7 Å². The Kier molecular flexibility index (Phi) is 2.03. The molecule has 2 saturated heterocycles. The van der Waals surface area contributed by atoms with Gasteiger partial charge in [0.15, 0.2) is 11.7 Å². The van der Waals surface area contributed by atoms with Crippen molar-refractivity contribution >= 4 is 11.9 Å². The maximum absolute atomic E-state index is 12.0. The lowest BCUT2D eigenvalue weighted by molar-refractivity contribution is -0.186. The molecule has 2 saturated carbocycles. The van der Waals surface area contributed by atoms with Crippen LogP contribution >= 0.6 is 0 Å². The number of carboxylic acid groups (broad SMARTS) is 1. The zero-order valence-corrected chi connectivity index (χ0v) is 12.0. The molecule has 5 nitrogen and oxygen atoms in total. The van der Waals surface area contributed by atoms with Crippen molar-refractivity contribution in [3.05, 3.63) is 0 Å². The third kappa shape index (κ3) is 1.05. The highest BCUT2D eigenvalue weighted by Gasteiger charge is 2.85. The normalized spacial score (nSPS) is 59.5. The molecule has 2 heterocycles.